The van der Waals surface area contributed by atoms with Crippen LogP contribution in [0.2, 0.25) is 0 Å². The maximum Gasteiger partial charge on any atom is 0.168 e. The van der Waals surface area contributed by atoms with Crippen molar-refractivity contribution in [2.45, 2.75) is 31.3 Å². The van der Waals surface area contributed by atoms with Crippen LogP contribution >= 0.6 is 11.8 Å². The van der Waals surface area contributed by atoms with Gasteiger partial charge in [0.15, 0.2) is 16.7 Å². The first-order chi connectivity index (χ1) is 12.2. The van der Waals surface area contributed by atoms with Gasteiger partial charge in [-0.3, -0.25) is 0 Å². The topological polar surface area (TPSA) is 62.3 Å². The fourth-order valence-electron chi connectivity index (χ4n) is 2.83. The van der Waals surface area contributed by atoms with Crippen molar-refractivity contribution in [1.29, 1.82) is 0 Å². The molecule has 0 radical (unpaired) electrons. The first-order valence-corrected chi connectivity index (χ1v) is 9.23. The summed E-state index contributed by atoms with van der Waals surface area (Å²) in [7, 11) is 0. The number of thioether (sulfide) groups is 1. The third-order valence-corrected chi connectivity index (χ3v) is 5.01. The Hall–Kier alpha value is -2.41. The van der Waals surface area contributed by atoms with Gasteiger partial charge in [-0.1, -0.05) is 16.9 Å². The molecule has 0 amide bonds. The number of aryl methyl sites for hydroxylation is 1. The van der Waals surface area contributed by atoms with E-state index in [0.29, 0.717) is 19.0 Å². The molecular formula is C18H19N3O3S. The van der Waals surface area contributed by atoms with E-state index in [1.165, 1.54) is 0 Å². The lowest BCUT2D eigenvalue weighted by Crippen LogP contribution is -2.15. The van der Waals surface area contributed by atoms with E-state index in [1.807, 2.05) is 37.4 Å². The highest BCUT2D eigenvalue weighted by molar-refractivity contribution is 7.98. The number of benzene rings is 1. The molecule has 3 heterocycles. The van der Waals surface area contributed by atoms with E-state index in [1.54, 1.807) is 11.8 Å². The Labute approximate surface area is 150 Å². The molecular weight excluding hydrogens is 338 g/mol. The van der Waals surface area contributed by atoms with Gasteiger partial charge in [0.1, 0.15) is 19.0 Å². The number of rotatable bonds is 5. The summed E-state index contributed by atoms with van der Waals surface area (Å²) >= 11 is 1.64. The highest BCUT2D eigenvalue weighted by Gasteiger charge is 2.16. The van der Waals surface area contributed by atoms with Crippen molar-refractivity contribution < 1.29 is 14.0 Å². The summed E-state index contributed by atoms with van der Waals surface area (Å²) in [4.78, 5) is 4.59. The van der Waals surface area contributed by atoms with Crippen LogP contribution in [0.3, 0.4) is 0 Å². The zero-order valence-corrected chi connectivity index (χ0v) is 15.0. The van der Waals surface area contributed by atoms with Crippen LogP contribution in [0.25, 0.3) is 11.3 Å². The monoisotopic (exact) mass is 357 g/mol. The fourth-order valence-corrected chi connectivity index (χ4v) is 3.75. The minimum absolute atomic E-state index is 0.585. The van der Waals surface area contributed by atoms with E-state index < -0.39 is 0 Å². The number of aromatic nitrogens is 3. The molecule has 0 atom stereocenters. The molecule has 25 heavy (non-hydrogen) atoms. The SMILES string of the molecule is CCn1c(-c2ccc3c(c2)OCCO3)cnc1SCc1cc(C)no1. The van der Waals surface area contributed by atoms with Crippen molar-refractivity contribution in [3.8, 4) is 22.8 Å². The van der Waals surface area contributed by atoms with Crippen LogP contribution in [0, 0.1) is 6.92 Å². The van der Waals surface area contributed by atoms with Gasteiger partial charge in [0.25, 0.3) is 0 Å². The summed E-state index contributed by atoms with van der Waals surface area (Å²) in [6.45, 7) is 6.06. The molecule has 0 saturated heterocycles. The number of fused-ring (bicyclic) bond motifs is 1. The van der Waals surface area contributed by atoms with Gasteiger partial charge in [-0.25, -0.2) is 4.98 Å². The molecule has 0 aliphatic carbocycles. The second-order valence-corrected chi connectivity index (χ2v) is 6.69. The number of ether oxygens (including phenoxy) is 2. The average Bonchev–Trinajstić information content (AvgIpc) is 3.25. The predicted molar refractivity (Wildman–Crippen MR) is 95.1 cm³/mol. The zero-order chi connectivity index (χ0) is 17.2. The molecule has 2 aromatic heterocycles. The molecule has 130 valence electrons. The predicted octanol–water partition coefficient (Wildman–Crippen LogP) is 3.93. The van der Waals surface area contributed by atoms with Gasteiger partial charge in [-0.15, -0.1) is 0 Å². The van der Waals surface area contributed by atoms with Gasteiger partial charge in [0.05, 0.1) is 23.3 Å². The quantitative estimate of drug-likeness (QED) is 0.645. The number of hydrogen-bond acceptors (Lipinski definition) is 6. The number of nitrogens with zero attached hydrogens (tertiary/aromatic N) is 3. The third-order valence-electron chi connectivity index (χ3n) is 3.99. The summed E-state index contributed by atoms with van der Waals surface area (Å²) in [5.41, 5.74) is 3.03. The van der Waals surface area contributed by atoms with Crippen LogP contribution in [0.1, 0.15) is 18.4 Å². The Morgan fingerprint density at radius 3 is 2.76 bits per heavy atom. The lowest BCUT2D eigenvalue weighted by Gasteiger charge is -2.19. The minimum atomic E-state index is 0.585. The van der Waals surface area contributed by atoms with E-state index in [0.717, 1.165) is 45.9 Å². The van der Waals surface area contributed by atoms with Gasteiger partial charge in [0.2, 0.25) is 0 Å². The molecule has 0 unspecified atom stereocenters. The molecule has 0 bridgehead atoms. The molecule has 0 N–H and O–H groups in total. The maximum atomic E-state index is 5.69. The molecule has 1 aliphatic rings. The van der Waals surface area contributed by atoms with Crippen molar-refractivity contribution in [1.82, 2.24) is 14.7 Å². The molecule has 1 aliphatic heterocycles. The first-order valence-electron chi connectivity index (χ1n) is 8.25. The van der Waals surface area contributed by atoms with Gasteiger partial charge >= 0.3 is 0 Å². The Bertz CT molecular complexity index is 888. The Morgan fingerprint density at radius 2 is 2.00 bits per heavy atom. The van der Waals surface area contributed by atoms with Crippen molar-refractivity contribution in [2.75, 3.05) is 13.2 Å². The van der Waals surface area contributed by atoms with Crippen molar-refractivity contribution >= 4 is 11.8 Å². The number of imidazole rings is 1. The van der Waals surface area contributed by atoms with Crippen LogP contribution < -0.4 is 9.47 Å². The lowest BCUT2D eigenvalue weighted by atomic mass is 10.1. The van der Waals surface area contributed by atoms with E-state index in [-0.39, 0.29) is 0 Å². The molecule has 4 rings (SSSR count). The van der Waals surface area contributed by atoms with E-state index >= 15 is 0 Å². The van der Waals surface area contributed by atoms with Crippen LogP contribution in [-0.2, 0) is 12.3 Å². The second kappa shape index (κ2) is 6.84. The van der Waals surface area contributed by atoms with Crippen LogP contribution in [0.15, 0.2) is 40.1 Å². The van der Waals surface area contributed by atoms with Gasteiger partial charge < -0.3 is 18.6 Å². The van der Waals surface area contributed by atoms with Crippen LogP contribution in [0.5, 0.6) is 11.5 Å². The second-order valence-electron chi connectivity index (χ2n) is 5.75. The largest absolute Gasteiger partial charge is 0.486 e. The van der Waals surface area contributed by atoms with E-state index in [2.05, 4.69) is 21.6 Å². The maximum absolute atomic E-state index is 5.69. The highest BCUT2D eigenvalue weighted by Crippen LogP contribution is 2.36. The van der Waals surface area contributed by atoms with Gasteiger partial charge in [-0.05, 0) is 32.0 Å². The minimum Gasteiger partial charge on any atom is -0.486 e. The Morgan fingerprint density at radius 1 is 1.16 bits per heavy atom. The molecule has 0 fully saturated rings. The normalized spacial score (nSPS) is 13.2. The summed E-state index contributed by atoms with van der Waals surface area (Å²) in [6, 6.07) is 7.98. The standard InChI is InChI=1S/C18H19N3O3S/c1-3-21-15(13-4-5-16-17(9-13)23-7-6-22-16)10-19-18(21)25-11-14-8-12(2)20-24-14/h4-5,8-10H,3,6-7,11H2,1-2H3. The fraction of sp³-hybridized carbons (Fsp3) is 0.333. The van der Waals surface area contributed by atoms with Gasteiger partial charge in [0, 0.05) is 18.2 Å². The average molecular weight is 357 g/mol. The Kier molecular flexibility index (Phi) is 4.40. The van der Waals surface area contributed by atoms with Gasteiger partial charge in [-0.2, -0.15) is 0 Å². The zero-order valence-electron chi connectivity index (χ0n) is 14.2. The molecule has 1 aromatic carbocycles. The summed E-state index contributed by atoms with van der Waals surface area (Å²) in [6.07, 6.45) is 1.91. The molecule has 3 aromatic rings. The van der Waals surface area contributed by atoms with Crippen molar-refractivity contribution in [3.05, 3.63) is 41.9 Å². The summed E-state index contributed by atoms with van der Waals surface area (Å²) in [5, 5.41) is 4.88. The smallest absolute Gasteiger partial charge is 0.168 e. The Balaban J connectivity index is 1.59. The highest BCUT2D eigenvalue weighted by atomic mass is 32.2. The van der Waals surface area contributed by atoms with E-state index in [4.69, 9.17) is 14.0 Å². The summed E-state index contributed by atoms with van der Waals surface area (Å²) in [5.74, 6) is 3.15. The van der Waals surface area contributed by atoms with Crippen LogP contribution in [0.4, 0.5) is 0 Å². The first kappa shape index (κ1) is 16.1. The molecule has 0 spiro atoms. The third kappa shape index (κ3) is 3.24. The molecule has 6 nitrogen and oxygen atoms in total. The number of hydrogen-bond donors (Lipinski definition) is 0. The molecule has 0 saturated carbocycles. The van der Waals surface area contributed by atoms with E-state index in [9.17, 15) is 0 Å². The lowest BCUT2D eigenvalue weighted by molar-refractivity contribution is 0.171. The van der Waals surface area contributed by atoms with Crippen LogP contribution in [-0.4, -0.2) is 27.9 Å². The van der Waals surface area contributed by atoms with Crippen molar-refractivity contribution in [3.63, 3.8) is 0 Å². The molecule has 7 heteroatoms. The van der Waals surface area contributed by atoms with Crippen molar-refractivity contribution in [2.24, 2.45) is 0 Å². The summed E-state index contributed by atoms with van der Waals surface area (Å²) < 4.78 is 18.8.